The van der Waals surface area contributed by atoms with Crippen LogP contribution in [0.1, 0.15) is 54.5 Å². The molecule has 2 amide bonds. The standard InChI is InChI=1S/C23H27FN2O2/c1-2-21(19-10-9-17-5-3-4-6-18(17)15-19)26-23(28)22(27)25-14-13-16-7-11-20(24)12-8-16/h7-12,15,21H,2-6,13-14H2,1H3,(H,25,27)(H,26,28). The third-order valence-electron chi connectivity index (χ3n) is 5.31. The Kier molecular flexibility index (Phi) is 6.80. The van der Waals surface area contributed by atoms with Gasteiger partial charge in [0.1, 0.15) is 5.82 Å². The topological polar surface area (TPSA) is 58.2 Å². The Labute approximate surface area is 165 Å². The van der Waals surface area contributed by atoms with Crippen molar-refractivity contribution in [2.45, 2.75) is 51.5 Å². The summed E-state index contributed by atoms with van der Waals surface area (Å²) in [4.78, 5) is 24.4. The van der Waals surface area contributed by atoms with Gasteiger partial charge in [-0.25, -0.2) is 4.39 Å². The molecule has 1 atom stereocenters. The molecule has 2 N–H and O–H groups in total. The zero-order valence-corrected chi connectivity index (χ0v) is 16.3. The van der Waals surface area contributed by atoms with E-state index in [0.717, 1.165) is 24.0 Å². The van der Waals surface area contributed by atoms with Crippen molar-refractivity contribution in [1.29, 1.82) is 0 Å². The molecule has 0 fully saturated rings. The number of aryl methyl sites for hydroxylation is 2. The maximum atomic E-state index is 12.9. The van der Waals surface area contributed by atoms with Gasteiger partial charge < -0.3 is 10.6 Å². The first-order chi connectivity index (χ1) is 13.6. The van der Waals surface area contributed by atoms with E-state index in [1.54, 1.807) is 12.1 Å². The Bertz CT molecular complexity index is 833. The molecule has 0 aromatic heterocycles. The second-order valence-corrected chi connectivity index (χ2v) is 7.30. The number of amides is 2. The molecule has 5 heteroatoms. The average Bonchev–Trinajstić information content (AvgIpc) is 2.72. The lowest BCUT2D eigenvalue weighted by molar-refractivity contribution is -0.139. The van der Waals surface area contributed by atoms with Gasteiger partial charge in [0.15, 0.2) is 0 Å². The van der Waals surface area contributed by atoms with Crippen molar-refractivity contribution < 1.29 is 14.0 Å². The molecule has 1 aliphatic carbocycles. The molecule has 0 spiro atoms. The second-order valence-electron chi connectivity index (χ2n) is 7.30. The summed E-state index contributed by atoms with van der Waals surface area (Å²) in [5.74, 6) is -1.55. The van der Waals surface area contributed by atoms with Crippen molar-refractivity contribution in [2.75, 3.05) is 6.54 Å². The van der Waals surface area contributed by atoms with Gasteiger partial charge in [-0.2, -0.15) is 0 Å². The largest absolute Gasteiger partial charge is 0.348 e. The Morgan fingerprint density at radius 2 is 1.71 bits per heavy atom. The number of hydrogen-bond acceptors (Lipinski definition) is 2. The molecule has 1 aliphatic rings. The molecule has 4 nitrogen and oxygen atoms in total. The van der Waals surface area contributed by atoms with Crippen LogP contribution in [0.2, 0.25) is 0 Å². The lowest BCUT2D eigenvalue weighted by atomic mass is 9.89. The average molecular weight is 382 g/mol. The highest BCUT2D eigenvalue weighted by molar-refractivity contribution is 6.35. The van der Waals surface area contributed by atoms with Crippen molar-refractivity contribution in [1.82, 2.24) is 10.6 Å². The SMILES string of the molecule is CCC(NC(=O)C(=O)NCCc1ccc(F)cc1)c1ccc2c(c1)CCCC2. The quantitative estimate of drug-likeness (QED) is 0.750. The monoisotopic (exact) mass is 382 g/mol. The van der Waals surface area contributed by atoms with E-state index in [1.807, 2.05) is 6.92 Å². The lowest BCUT2D eigenvalue weighted by Gasteiger charge is -2.21. The number of fused-ring (bicyclic) bond motifs is 1. The zero-order chi connectivity index (χ0) is 19.9. The third kappa shape index (κ3) is 5.18. The van der Waals surface area contributed by atoms with Crippen molar-refractivity contribution in [3.05, 3.63) is 70.5 Å². The highest BCUT2D eigenvalue weighted by atomic mass is 19.1. The smallest absolute Gasteiger partial charge is 0.309 e. The van der Waals surface area contributed by atoms with E-state index in [4.69, 9.17) is 0 Å². The van der Waals surface area contributed by atoms with Crippen LogP contribution in [0.3, 0.4) is 0 Å². The number of halogens is 1. The van der Waals surface area contributed by atoms with Crippen LogP contribution in [-0.4, -0.2) is 18.4 Å². The number of carbonyl (C=O) groups is 2. The van der Waals surface area contributed by atoms with E-state index in [9.17, 15) is 14.0 Å². The van der Waals surface area contributed by atoms with Gasteiger partial charge >= 0.3 is 11.8 Å². The van der Waals surface area contributed by atoms with Crippen LogP contribution in [0, 0.1) is 5.82 Å². The minimum Gasteiger partial charge on any atom is -0.348 e. The van der Waals surface area contributed by atoms with Crippen molar-refractivity contribution >= 4 is 11.8 Å². The predicted octanol–water partition coefficient (Wildman–Crippen LogP) is 3.63. The van der Waals surface area contributed by atoms with E-state index in [1.165, 1.54) is 36.1 Å². The predicted molar refractivity (Wildman–Crippen MR) is 107 cm³/mol. The van der Waals surface area contributed by atoms with Gasteiger partial charge in [-0.15, -0.1) is 0 Å². The summed E-state index contributed by atoms with van der Waals surface area (Å²) in [6, 6.07) is 12.3. The van der Waals surface area contributed by atoms with E-state index in [0.29, 0.717) is 19.4 Å². The minimum atomic E-state index is -0.640. The molecule has 0 radical (unpaired) electrons. The van der Waals surface area contributed by atoms with Crippen LogP contribution in [0.25, 0.3) is 0 Å². The summed E-state index contributed by atoms with van der Waals surface area (Å²) in [6.45, 7) is 2.32. The van der Waals surface area contributed by atoms with Crippen LogP contribution < -0.4 is 10.6 Å². The van der Waals surface area contributed by atoms with Crippen LogP contribution in [0.5, 0.6) is 0 Å². The van der Waals surface area contributed by atoms with Gasteiger partial charge in [-0.3, -0.25) is 9.59 Å². The molecular weight excluding hydrogens is 355 g/mol. The fraction of sp³-hybridized carbons (Fsp3) is 0.391. The number of hydrogen-bond donors (Lipinski definition) is 2. The van der Waals surface area contributed by atoms with E-state index in [-0.39, 0.29) is 11.9 Å². The normalized spacial score (nSPS) is 14.1. The number of rotatable bonds is 6. The molecule has 28 heavy (non-hydrogen) atoms. The van der Waals surface area contributed by atoms with Crippen molar-refractivity contribution in [3.63, 3.8) is 0 Å². The zero-order valence-electron chi connectivity index (χ0n) is 16.3. The molecule has 2 aromatic carbocycles. The molecule has 3 rings (SSSR count). The highest BCUT2D eigenvalue weighted by Crippen LogP contribution is 2.26. The summed E-state index contributed by atoms with van der Waals surface area (Å²) in [5, 5.41) is 5.48. The van der Waals surface area contributed by atoms with Crippen LogP contribution >= 0.6 is 0 Å². The van der Waals surface area contributed by atoms with Gasteiger partial charge in [0.05, 0.1) is 6.04 Å². The highest BCUT2D eigenvalue weighted by Gasteiger charge is 2.20. The Morgan fingerprint density at radius 3 is 2.43 bits per heavy atom. The number of benzene rings is 2. The molecule has 0 heterocycles. The van der Waals surface area contributed by atoms with Crippen LogP contribution in [0.15, 0.2) is 42.5 Å². The maximum absolute atomic E-state index is 12.9. The van der Waals surface area contributed by atoms with E-state index >= 15 is 0 Å². The summed E-state index contributed by atoms with van der Waals surface area (Å²) in [5.41, 5.74) is 4.72. The van der Waals surface area contributed by atoms with Crippen molar-refractivity contribution in [2.24, 2.45) is 0 Å². The molecule has 0 saturated carbocycles. The second kappa shape index (κ2) is 9.49. The molecule has 148 valence electrons. The molecule has 0 aliphatic heterocycles. The summed E-state index contributed by atoms with van der Waals surface area (Å²) >= 11 is 0. The molecular formula is C23H27FN2O2. The summed E-state index contributed by atoms with van der Waals surface area (Å²) in [7, 11) is 0. The molecule has 0 bridgehead atoms. The molecule has 2 aromatic rings. The van der Waals surface area contributed by atoms with E-state index in [2.05, 4.69) is 28.8 Å². The first-order valence-corrected chi connectivity index (χ1v) is 10.0. The fourth-order valence-corrected chi connectivity index (χ4v) is 3.67. The van der Waals surface area contributed by atoms with Gasteiger partial charge in [0.2, 0.25) is 0 Å². The van der Waals surface area contributed by atoms with Crippen molar-refractivity contribution in [3.8, 4) is 0 Å². The summed E-state index contributed by atoms with van der Waals surface area (Å²) in [6.07, 6.45) is 5.90. The number of carbonyl (C=O) groups excluding carboxylic acids is 2. The Hall–Kier alpha value is -2.69. The Morgan fingerprint density at radius 1 is 1.00 bits per heavy atom. The first kappa shape index (κ1) is 20.1. The third-order valence-corrected chi connectivity index (χ3v) is 5.31. The van der Waals surface area contributed by atoms with Gasteiger partial charge in [0.25, 0.3) is 0 Å². The minimum absolute atomic E-state index is 0.178. The molecule has 1 unspecified atom stereocenters. The van der Waals surface area contributed by atoms with Crippen LogP contribution in [-0.2, 0) is 28.9 Å². The van der Waals surface area contributed by atoms with Gasteiger partial charge in [-0.1, -0.05) is 37.3 Å². The lowest BCUT2D eigenvalue weighted by Crippen LogP contribution is -2.42. The number of nitrogens with one attached hydrogen (secondary N) is 2. The Balaban J connectivity index is 1.53. The fourth-order valence-electron chi connectivity index (χ4n) is 3.67. The maximum Gasteiger partial charge on any atom is 0.309 e. The van der Waals surface area contributed by atoms with E-state index < -0.39 is 11.8 Å². The first-order valence-electron chi connectivity index (χ1n) is 10.0. The van der Waals surface area contributed by atoms with Gasteiger partial charge in [0, 0.05) is 6.54 Å². The van der Waals surface area contributed by atoms with Gasteiger partial charge in [-0.05, 0) is 72.9 Å². The van der Waals surface area contributed by atoms with Crippen LogP contribution in [0.4, 0.5) is 4.39 Å². The molecule has 0 saturated heterocycles. The summed E-state index contributed by atoms with van der Waals surface area (Å²) < 4.78 is 12.9.